The van der Waals surface area contributed by atoms with Gasteiger partial charge in [0.2, 0.25) is 5.89 Å². The summed E-state index contributed by atoms with van der Waals surface area (Å²) in [6.07, 6.45) is 2.91. The molecule has 1 amide bonds. The molecule has 1 aromatic carbocycles. The first kappa shape index (κ1) is 12.2. The molecule has 2 heterocycles. The van der Waals surface area contributed by atoms with Gasteiger partial charge >= 0.3 is 0 Å². The van der Waals surface area contributed by atoms with Gasteiger partial charge in [0.05, 0.1) is 0 Å². The highest BCUT2D eigenvalue weighted by Crippen LogP contribution is 2.23. The van der Waals surface area contributed by atoms with E-state index in [-0.39, 0.29) is 18.2 Å². The Morgan fingerprint density at radius 3 is 2.95 bits per heavy atom. The number of ether oxygens (including phenoxy) is 1. The number of oxazole rings is 1. The van der Waals surface area contributed by atoms with Crippen molar-refractivity contribution in [2.75, 3.05) is 0 Å². The van der Waals surface area contributed by atoms with E-state index in [2.05, 4.69) is 9.97 Å². The molecule has 20 heavy (non-hydrogen) atoms. The molecule has 6 nitrogen and oxygen atoms in total. The molecule has 0 aliphatic rings. The van der Waals surface area contributed by atoms with Crippen molar-refractivity contribution >= 4 is 16.8 Å². The lowest BCUT2D eigenvalue weighted by molar-refractivity contribution is 0.0995. The van der Waals surface area contributed by atoms with Crippen LogP contribution in [0.1, 0.15) is 16.4 Å². The van der Waals surface area contributed by atoms with E-state index in [0.29, 0.717) is 5.75 Å². The summed E-state index contributed by atoms with van der Waals surface area (Å²) in [4.78, 5) is 19.1. The molecule has 2 aromatic heterocycles. The Labute approximate surface area is 114 Å². The molecule has 0 fully saturated rings. The fourth-order valence-corrected chi connectivity index (χ4v) is 1.82. The van der Waals surface area contributed by atoms with Crippen molar-refractivity contribution in [3.05, 3.63) is 54.4 Å². The van der Waals surface area contributed by atoms with Crippen LogP contribution < -0.4 is 10.5 Å². The van der Waals surface area contributed by atoms with Crippen molar-refractivity contribution in [3.63, 3.8) is 0 Å². The standard InChI is InChI=1S/C14H11N3O3/c15-14(18)10-7-20-12(17-10)8-19-11-5-1-3-9-4-2-6-16-13(9)11/h1-7H,8H2,(H2,15,18). The van der Waals surface area contributed by atoms with E-state index >= 15 is 0 Å². The summed E-state index contributed by atoms with van der Waals surface area (Å²) in [5.41, 5.74) is 5.94. The number of nitrogens with two attached hydrogens (primary N) is 1. The van der Waals surface area contributed by atoms with Crippen LogP contribution in [-0.2, 0) is 6.61 Å². The number of benzene rings is 1. The molecule has 3 aromatic rings. The maximum atomic E-state index is 10.9. The molecule has 0 unspecified atom stereocenters. The van der Waals surface area contributed by atoms with E-state index in [4.69, 9.17) is 14.9 Å². The molecule has 0 spiro atoms. The predicted octanol–water partition coefficient (Wildman–Crippen LogP) is 1.90. The molecule has 0 atom stereocenters. The molecule has 0 aliphatic heterocycles. The van der Waals surface area contributed by atoms with Gasteiger partial charge in [-0.25, -0.2) is 4.98 Å². The Bertz CT molecular complexity index is 762. The fraction of sp³-hybridized carbons (Fsp3) is 0.0714. The lowest BCUT2D eigenvalue weighted by Gasteiger charge is -2.06. The zero-order valence-electron chi connectivity index (χ0n) is 10.4. The average molecular weight is 269 g/mol. The van der Waals surface area contributed by atoms with Crippen molar-refractivity contribution in [1.82, 2.24) is 9.97 Å². The Morgan fingerprint density at radius 2 is 2.15 bits per heavy atom. The van der Waals surface area contributed by atoms with Crippen molar-refractivity contribution in [1.29, 1.82) is 0 Å². The van der Waals surface area contributed by atoms with Gasteiger partial charge in [0.25, 0.3) is 5.91 Å². The maximum absolute atomic E-state index is 10.9. The number of pyridine rings is 1. The summed E-state index contributed by atoms with van der Waals surface area (Å²) in [5, 5.41) is 0.982. The van der Waals surface area contributed by atoms with Gasteiger partial charge in [-0.05, 0) is 12.1 Å². The normalized spacial score (nSPS) is 10.6. The van der Waals surface area contributed by atoms with Crippen LogP contribution in [-0.4, -0.2) is 15.9 Å². The van der Waals surface area contributed by atoms with Gasteiger partial charge in [0.1, 0.15) is 17.5 Å². The van der Waals surface area contributed by atoms with Gasteiger partial charge in [-0.1, -0.05) is 18.2 Å². The van der Waals surface area contributed by atoms with E-state index in [1.807, 2.05) is 30.3 Å². The van der Waals surface area contributed by atoms with Crippen molar-refractivity contribution in [2.45, 2.75) is 6.61 Å². The number of carbonyl (C=O) groups is 1. The summed E-state index contributed by atoms with van der Waals surface area (Å²) in [5.74, 6) is 0.278. The Kier molecular flexibility index (Phi) is 3.04. The molecule has 0 aliphatic carbocycles. The Hall–Kier alpha value is -2.89. The second kappa shape index (κ2) is 5.00. The third-order valence-electron chi connectivity index (χ3n) is 2.75. The highest BCUT2D eigenvalue weighted by molar-refractivity contribution is 5.90. The van der Waals surface area contributed by atoms with Crippen molar-refractivity contribution < 1.29 is 13.9 Å². The van der Waals surface area contributed by atoms with Crippen LogP contribution in [0, 0.1) is 0 Å². The van der Waals surface area contributed by atoms with Crippen molar-refractivity contribution in [3.8, 4) is 5.75 Å². The SMILES string of the molecule is NC(=O)c1coc(COc2cccc3cccnc23)n1. The second-order valence-corrected chi connectivity index (χ2v) is 4.11. The molecule has 6 heteroatoms. The van der Waals surface area contributed by atoms with E-state index in [9.17, 15) is 4.79 Å². The van der Waals surface area contributed by atoms with Crippen LogP contribution in [0.4, 0.5) is 0 Å². The number of carbonyl (C=O) groups excluding carboxylic acids is 1. The number of hydrogen-bond acceptors (Lipinski definition) is 5. The summed E-state index contributed by atoms with van der Waals surface area (Å²) in [6.45, 7) is 0.100. The van der Waals surface area contributed by atoms with Gasteiger partial charge in [0, 0.05) is 11.6 Å². The van der Waals surface area contributed by atoms with Crippen LogP contribution >= 0.6 is 0 Å². The van der Waals surface area contributed by atoms with E-state index in [1.165, 1.54) is 6.26 Å². The van der Waals surface area contributed by atoms with Crippen LogP contribution in [0.5, 0.6) is 5.75 Å². The first-order valence-electron chi connectivity index (χ1n) is 5.95. The van der Waals surface area contributed by atoms with Gasteiger partial charge in [-0.15, -0.1) is 0 Å². The smallest absolute Gasteiger partial charge is 0.270 e. The Morgan fingerprint density at radius 1 is 1.30 bits per heavy atom. The minimum atomic E-state index is -0.633. The summed E-state index contributed by atoms with van der Waals surface area (Å²) in [6, 6.07) is 9.45. The van der Waals surface area contributed by atoms with Gasteiger partial charge < -0.3 is 14.9 Å². The summed E-state index contributed by atoms with van der Waals surface area (Å²) < 4.78 is 10.7. The van der Waals surface area contributed by atoms with Gasteiger partial charge in [-0.3, -0.25) is 9.78 Å². The topological polar surface area (TPSA) is 91.2 Å². The Balaban J connectivity index is 1.81. The predicted molar refractivity (Wildman–Crippen MR) is 71.1 cm³/mol. The van der Waals surface area contributed by atoms with Crippen LogP contribution in [0.15, 0.2) is 47.2 Å². The number of amides is 1. The monoisotopic (exact) mass is 269 g/mol. The van der Waals surface area contributed by atoms with Gasteiger partial charge in [-0.2, -0.15) is 0 Å². The largest absolute Gasteiger partial charge is 0.482 e. The highest BCUT2D eigenvalue weighted by Gasteiger charge is 2.10. The molecule has 0 saturated heterocycles. The number of fused-ring (bicyclic) bond motifs is 1. The molecule has 3 rings (SSSR count). The molecule has 100 valence electrons. The minimum absolute atomic E-state index is 0.0830. The zero-order chi connectivity index (χ0) is 13.9. The number of para-hydroxylation sites is 1. The second-order valence-electron chi connectivity index (χ2n) is 4.11. The third kappa shape index (κ3) is 2.31. The van der Waals surface area contributed by atoms with Gasteiger partial charge in [0.15, 0.2) is 12.3 Å². The molecule has 0 radical (unpaired) electrons. The van der Waals surface area contributed by atoms with Crippen LogP contribution in [0.2, 0.25) is 0 Å². The van der Waals surface area contributed by atoms with Crippen molar-refractivity contribution in [2.24, 2.45) is 5.73 Å². The van der Waals surface area contributed by atoms with Crippen LogP contribution in [0.3, 0.4) is 0 Å². The minimum Gasteiger partial charge on any atom is -0.482 e. The molecule has 2 N–H and O–H groups in total. The molecular formula is C14H11N3O3. The quantitative estimate of drug-likeness (QED) is 0.781. The van der Waals surface area contributed by atoms with Crippen LogP contribution in [0.25, 0.3) is 10.9 Å². The summed E-state index contributed by atoms with van der Waals surface area (Å²) in [7, 11) is 0. The number of aromatic nitrogens is 2. The molecular weight excluding hydrogens is 258 g/mol. The lowest BCUT2D eigenvalue weighted by atomic mass is 10.2. The third-order valence-corrected chi connectivity index (χ3v) is 2.75. The zero-order valence-corrected chi connectivity index (χ0v) is 10.4. The molecule has 0 saturated carbocycles. The highest BCUT2D eigenvalue weighted by atomic mass is 16.5. The first-order chi connectivity index (χ1) is 9.74. The molecule has 0 bridgehead atoms. The number of primary amides is 1. The number of rotatable bonds is 4. The average Bonchev–Trinajstić information content (AvgIpc) is 2.94. The number of hydrogen-bond donors (Lipinski definition) is 1. The van der Waals surface area contributed by atoms with E-state index in [1.54, 1.807) is 6.20 Å². The van der Waals surface area contributed by atoms with E-state index < -0.39 is 5.91 Å². The summed E-state index contributed by atoms with van der Waals surface area (Å²) >= 11 is 0. The lowest BCUT2D eigenvalue weighted by Crippen LogP contribution is -2.11. The maximum Gasteiger partial charge on any atom is 0.270 e. The van der Waals surface area contributed by atoms with E-state index in [0.717, 1.165) is 10.9 Å². The number of nitrogens with zero attached hydrogens (tertiary/aromatic N) is 2. The fourth-order valence-electron chi connectivity index (χ4n) is 1.82. The first-order valence-corrected chi connectivity index (χ1v) is 5.95.